The predicted octanol–water partition coefficient (Wildman–Crippen LogP) is 1.15. The van der Waals surface area contributed by atoms with Gasteiger partial charge in [-0.2, -0.15) is 13.2 Å². The molecule has 1 amide bonds. The van der Waals surface area contributed by atoms with Gasteiger partial charge in [0.2, 0.25) is 5.91 Å². The molecule has 1 saturated heterocycles. The number of alkyl halides is 3. The lowest BCUT2D eigenvalue weighted by molar-refractivity contribution is -0.153. The van der Waals surface area contributed by atoms with Gasteiger partial charge in [0.25, 0.3) is 0 Å². The molecule has 0 saturated carbocycles. The fraction of sp³-hybridized carbons (Fsp3) is 0.444. The normalized spacial score (nSPS) is 22.1. The number of halogens is 3. The Labute approximate surface area is 89.0 Å². The molecule has 0 bridgehead atoms. The molecule has 0 aliphatic carbocycles. The highest BCUT2D eigenvalue weighted by atomic mass is 19.4. The molecule has 2 rings (SSSR count). The van der Waals surface area contributed by atoms with E-state index in [2.05, 4.69) is 5.32 Å². The van der Waals surface area contributed by atoms with Gasteiger partial charge in [0.05, 0.1) is 6.26 Å². The highest BCUT2D eigenvalue weighted by molar-refractivity contribution is 5.82. The van der Waals surface area contributed by atoms with Crippen LogP contribution in [0.1, 0.15) is 0 Å². The van der Waals surface area contributed by atoms with Crippen LogP contribution in [0.25, 0.3) is 0 Å². The third-order valence-electron chi connectivity index (χ3n) is 2.35. The van der Waals surface area contributed by atoms with E-state index in [0.717, 1.165) is 4.90 Å². The molecule has 1 aromatic heterocycles. The van der Waals surface area contributed by atoms with Crippen molar-refractivity contribution in [3.63, 3.8) is 0 Å². The Morgan fingerprint density at radius 3 is 2.81 bits per heavy atom. The zero-order chi connectivity index (χ0) is 11.8. The molecule has 1 fully saturated rings. The summed E-state index contributed by atoms with van der Waals surface area (Å²) in [6.07, 6.45) is -3.13. The summed E-state index contributed by atoms with van der Waals surface area (Å²) in [5, 5.41) is 2.19. The van der Waals surface area contributed by atoms with E-state index in [4.69, 9.17) is 4.42 Å². The number of anilines is 1. The summed E-state index contributed by atoms with van der Waals surface area (Å²) in [4.78, 5) is 12.0. The van der Waals surface area contributed by atoms with Crippen LogP contribution in [0.4, 0.5) is 19.1 Å². The average molecular weight is 234 g/mol. The van der Waals surface area contributed by atoms with Crippen molar-refractivity contribution in [2.75, 3.05) is 18.0 Å². The van der Waals surface area contributed by atoms with Gasteiger partial charge >= 0.3 is 6.18 Å². The van der Waals surface area contributed by atoms with Gasteiger partial charge in [0, 0.05) is 12.6 Å². The zero-order valence-corrected chi connectivity index (χ0v) is 8.12. The molecule has 2 heterocycles. The van der Waals surface area contributed by atoms with Gasteiger partial charge < -0.3 is 14.6 Å². The standard InChI is InChI=1S/C9H9F3N2O2/c10-9(11,12)6-4-13-7(15)5-14(6)8-2-1-3-16-8/h1-3,6H,4-5H2,(H,13,15). The molecule has 0 spiro atoms. The van der Waals surface area contributed by atoms with Crippen LogP contribution in [0.2, 0.25) is 0 Å². The van der Waals surface area contributed by atoms with E-state index in [0.29, 0.717) is 0 Å². The Kier molecular flexibility index (Phi) is 2.53. The molecule has 0 aromatic carbocycles. The molecule has 16 heavy (non-hydrogen) atoms. The van der Waals surface area contributed by atoms with E-state index < -0.39 is 24.7 Å². The van der Waals surface area contributed by atoms with E-state index in [1.165, 1.54) is 18.4 Å². The summed E-state index contributed by atoms with van der Waals surface area (Å²) in [5.41, 5.74) is 0. The first kappa shape index (κ1) is 10.8. The summed E-state index contributed by atoms with van der Waals surface area (Å²) in [6.45, 7) is -0.805. The molecule has 1 atom stereocenters. The zero-order valence-electron chi connectivity index (χ0n) is 8.12. The van der Waals surface area contributed by atoms with Gasteiger partial charge in [0.1, 0.15) is 12.6 Å². The number of carbonyl (C=O) groups excluding carboxylic acids is 1. The number of nitrogens with zero attached hydrogens (tertiary/aromatic N) is 1. The second kappa shape index (κ2) is 3.73. The minimum absolute atomic E-state index is 0.0529. The number of hydrogen-bond acceptors (Lipinski definition) is 3. The molecule has 1 aliphatic rings. The van der Waals surface area contributed by atoms with Crippen molar-refractivity contribution in [2.45, 2.75) is 12.2 Å². The van der Waals surface area contributed by atoms with Crippen LogP contribution < -0.4 is 10.2 Å². The first-order chi connectivity index (χ1) is 7.48. The number of furan rings is 1. The molecule has 1 aromatic rings. The lowest BCUT2D eigenvalue weighted by Crippen LogP contribution is -2.60. The van der Waals surface area contributed by atoms with Crippen molar-refractivity contribution in [3.05, 3.63) is 18.4 Å². The Balaban J connectivity index is 2.26. The lowest BCUT2D eigenvalue weighted by Gasteiger charge is -2.36. The molecular formula is C9H9F3N2O2. The lowest BCUT2D eigenvalue weighted by atomic mass is 10.2. The van der Waals surface area contributed by atoms with Crippen LogP contribution in [-0.2, 0) is 4.79 Å². The molecule has 7 heteroatoms. The number of hydrogen-bond donors (Lipinski definition) is 1. The van der Waals surface area contributed by atoms with E-state index in [1.54, 1.807) is 0 Å². The van der Waals surface area contributed by atoms with Crippen molar-refractivity contribution in [1.82, 2.24) is 5.32 Å². The van der Waals surface area contributed by atoms with Crippen molar-refractivity contribution in [3.8, 4) is 0 Å². The van der Waals surface area contributed by atoms with E-state index in [9.17, 15) is 18.0 Å². The van der Waals surface area contributed by atoms with Gasteiger partial charge in [-0.05, 0) is 6.07 Å². The topological polar surface area (TPSA) is 45.5 Å². The SMILES string of the molecule is O=C1CN(c2ccco2)C(C(F)(F)F)CN1. The van der Waals surface area contributed by atoms with E-state index in [1.807, 2.05) is 0 Å². The predicted molar refractivity (Wildman–Crippen MR) is 48.9 cm³/mol. The molecular weight excluding hydrogens is 225 g/mol. The smallest absolute Gasteiger partial charge is 0.410 e. The molecule has 4 nitrogen and oxygen atoms in total. The summed E-state index contributed by atoms with van der Waals surface area (Å²) in [5.74, 6) is -0.394. The van der Waals surface area contributed by atoms with Crippen molar-refractivity contribution in [2.24, 2.45) is 0 Å². The maximum Gasteiger partial charge on any atom is 0.410 e. The van der Waals surface area contributed by atoms with E-state index in [-0.39, 0.29) is 12.4 Å². The van der Waals surface area contributed by atoms with Crippen LogP contribution in [-0.4, -0.2) is 31.2 Å². The van der Waals surface area contributed by atoms with Crippen LogP contribution in [0.5, 0.6) is 0 Å². The molecule has 88 valence electrons. The Morgan fingerprint density at radius 2 is 2.25 bits per heavy atom. The summed E-state index contributed by atoms with van der Waals surface area (Å²) in [7, 11) is 0. The molecule has 1 N–H and O–H groups in total. The Morgan fingerprint density at radius 1 is 1.50 bits per heavy atom. The van der Waals surface area contributed by atoms with Crippen molar-refractivity contribution >= 4 is 11.8 Å². The third-order valence-corrected chi connectivity index (χ3v) is 2.35. The number of piperazine rings is 1. The highest BCUT2D eigenvalue weighted by Gasteiger charge is 2.47. The van der Waals surface area contributed by atoms with Gasteiger partial charge in [0.15, 0.2) is 5.88 Å². The Hall–Kier alpha value is -1.66. The molecule has 0 radical (unpaired) electrons. The number of rotatable bonds is 1. The van der Waals surface area contributed by atoms with Gasteiger partial charge in [-0.15, -0.1) is 0 Å². The third kappa shape index (κ3) is 1.98. The monoisotopic (exact) mass is 234 g/mol. The summed E-state index contributed by atoms with van der Waals surface area (Å²) >= 11 is 0. The number of nitrogens with one attached hydrogen (secondary N) is 1. The van der Waals surface area contributed by atoms with Crippen molar-refractivity contribution in [1.29, 1.82) is 0 Å². The average Bonchev–Trinajstić information content (AvgIpc) is 2.68. The number of carbonyl (C=O) groups is 1. The summed E-state index contributed by atoms with van der Waals surface area (Å²) in [6, 6.07) is 1.14. The maximum atomic E-state index is 12.7. The second-order valence-electron chi connectivity index (χ2n) is 3.44. The van der Waals surface area contributed by atoms with Gasteiger partial charge in [-0.25, -0.2) is 0 Å². The first-order valence-corrected chi connectivity index (χ1v) is 4.62. The number of amides is 1. The molecule has 1 aliphatic heterocycles. The van der Waals surface area contributed by atoms with Gasteiger partial charge in [-0.3, -0.25) is 4.79 Å². The fourth-order valence-corrected chi connectivity index (χ4v) is 1.60. The van der Waals surface area contributed by atoms with Crippen LogP contribution in [0, 0.1) is 0 Å². The highest BCUT2D eigenvalue weighted by Crippen LogP contribution is 2.30. The quantitative estimate of drug-likeness (QED) is 0.792. The van der Waals surface area contributed by atoms with Crippen LogP contribution in [0.15, 0.2) is 22.8 Å². The fourth-order valence-electron chi connectivity index (χ4n) is 1.60. The van der Waals surface area contributed by atoms with Crippen LogP contribution >= 0.6 is 0 Å². The first-order valence-electron chi connectivity index (χ1n) is 4.62. The van der Waals surface area contributed by atoms with Gasteiger partial charge in [-0.1, -0.05) is 0 Å². The minimum atomic E-state index is -4.40. The summed E-state index contributed by atoms with van der Waals surface area (Å²) < 4.78 is 42.9. The van der Waals surface area contributed by atoms with E-state index >= 15 is 0 Å². The van der Waals surface area contributed by atoms with Crippen molar-refractivity contribution < 1.29 is 22.4 Å². The molecule has 1 unspecified atom stereocenters. The largest absolute Gasteiger partial charge is 0.449 e. The minimum Gasteiger partial charge on any atom is -0.449 e. The maximum absolute atomic E-state index is 12.7. The Bertz CT molecular complexity index is 375. The second-order valence-corrected chi connectivity index (χ2v) is 3.44. The van der Waals surface area contributed by atoms with Crippen LogP contribution in [0.3, 0.4) is 0 Å².